The number of hydrogen-bond donors (Lipinski definition) is 0. The highest BCUT2D eigenvalue weighted by atomic mass is 15.4. The molecular weight excluding hydrogens is 252 g/mol. The third-order valence-corrected chi connectivity index (χ3v) is 3.99. The third-order valence-electron chi connectivity index (χ3n) is 3.99. The monoisotopic (exact) mass is 274 g/mol. The van der Waals surface area contributed by atoms with Crippen LogP contribution in [0.15, 0.2) is 12.4 Å². The minimum absolute atomic E-state index is 0.551. The van der Waals surface area contributed by atoms with Crippen molar-refractivity contribution in [3.63, 3.8) is 0 Å². The van der Waals surface area contributed by atoms with E-state index >= 15 is 0 Å². The molecule has 2 aromatic heterocycles. The molecule has 6 nitrogen and oxygen atoms in total. The smallest absolute Gasteiger partial charge is 0.147 e. The minimum Gasteiger partial charge on any atom is -0.294 e. The summed E-state index contributed by atoms with van der Waals surface area (Å²) in [4.78, 5) is 6.92. The summed E-state index contributed by atoms with van der Waals surface area (Å²) in [6, 6.07) is 0.551. The van der Waals surface area contributed by atoms with E-state index in [0.717, 1.165) is 31.3 Å². The molecule has 108 valence electrons. The van der Waals surface area contributed by atoms with Crippen LogP contribution in [0.2, 0.25) is 0 Å². The van der Waals surface area contributed by atoms with Gasteiger partial charge < -0.3 is 0 Å². The van der Waals surface area contributed by atoms with Crippen molar-refractivity contribution in [3.05, 3.63) is 29.6 Å². The fraction of sp³-hybridized carbons (Fsp3) is 0.643. The van der Waals surface area contributed by atoms with Crippen molar-refractivity contribution in [1.82, 2.24) is 29.4 Å². The standard InChI is InChI=1S/C14H22N6/c1-11-16-12(2)20(17-11)10-14-5-4-6-19(14)9-13-7-15-18(3)8-13/h7-8,14H,4-6,9-10H2,1-3H3. The quantitative estimate of drug-likeness (QED) is 0.843. The maximum absolute atomic E-state index is 4.48. The maximum Gasteiger partial charge on any atom is 0.147 e. The molecular formula is C14H22N6. The lowest BCUT2D eigenvalue weighted by molar-refractivity contribution is 0.218. The Bertz CT molecular complexity index is 584. The van der Waals surface area contributed by atoms with Crippen LogP contribution in [0.4, 0.5) is 0 Å². The van der Waals surface area contributed by atoms with Gasteiger partial charge in [0.15, 0.2) is 0 Å². The van der Waals surface area contributed by atoms with Crippen LogP contribution < -0.4 is 0 Å². The van der Waals surface area contributed by atoms with Gasteiger partial charge in [-0.3, -0.25) is 9.58 Å². The van der Waals surface area contributed by atoms with E-state index in [2.05, 4.69) is 26.3 Å². The fourth-order valence-corrected chi connectivity index (χ4v) is 3.03. The summed E-state index contributed by atoms with van der Waals surface area (Å²) in [5.74, 6) is 1.87. The molecule has 6 heteroatoms. The summed E-state index contributed by atoms with van der Waals surface area (Å²) in [5, 5.41) is 8.73. The molecule has 0 aromatic carbocycles. The molecule has 0 N–H and O–H groups in total. The summed E-state index contributed by atoms with van der Waals surface area (Å²) >= 11 is 0. The van der Waals surface area contributed by atoms with Crippen molar-refractivity contribution >= 4 is 0 Å². The first-order valence-electron chi connectivity index (χ1n) is 7.21. The minimum atomic E-state index is 0.551. The van der Waals surface area contributed by atoms with Crippen LogP contribution in [0.1, 0.15) is 30.1 Å². The lowest BCUT2D eigenvalue weighted by atomic mass is 10.2. The summed E-state index contributed by atoms with van der Waals surface area (Å²) in [7, 11) is 1.96. The second-order valence-electron chi connectivity index (χ2n) is 5.68. The summed E-state index contributed by atoms with van der Waals surface area (Å²) in [6.07, 6.45) is 6.55. The largest absolute Gasteiger partial charge is 0.294 e. The molecule has 3 rings (SSSR count). The predicted molar refractivity (Wildman–Crippen MR) is 76.1 cm³/mol. The summed E-state index contributed by atoms with van der Waals surface area (Å²) < 4.78 is 3.91. The van der Waals surface area contributed by atoms with Crippen LogP contribution in [-0.2, 0) is 20.1 Å². The van der Waals surface area contributed by atoms with Crippen LogP contribution in [0.25, 0.3) is 0 Å². The van der Waals surface area contributed by atoms with Crippen LogP contribution in [0.5, 0.6) is 0 Å². The first kappa shape index (κ1) is 13.3. The summed E-state index contributed by atoms with van der Waals surface area (Å²) in [5.41, 5.74) is 1.28. The van der Waals surface area contributed by atoms with Crippen molar-refractivity contribution in [2.75, 3.05) is 6.54 Å². The van der Waals surface area contributed by atoms with E-state index in [0.29, 0.717) is 6.04 Å². The molecule has 3 heterocycles. The van der Waals surface area contributed by atoms with Crippen molar-refractivity contribution < 1.29 is 0 Å². The molecule has 20 heavy (non-hydrogen) atoms. The number of hydrogen-bond acceptors (Lipinski definition) is 4. The van der Waals surface area contributed by atoms with E-state index in [1.807, 2.05) is 36.5 Å². The molecule has 0 spiro atoms. The average molecular weight is 274 g/mol. The highest BCUT2D eigenvalue weighted by Crippen LogP contribution is 2.21. The lowest BCUT2D eigenvalue weighted by Crippen LogP contribution is -2.33. The van der Waals surface area contributed by atoms with Gasteiger partial charge in [0.2, 0.25) is 0 Å². The summed E-state index contributed by atoms with van der Waals surface area (Å²) in [6.45, 7) is 7.05. The normalized spacial score (nSPS) is 19.9. The molecule has 1 saturated heterocycles. The first-order chi connectivity index (χ1) is 9.61. The average Bonchev–Trinajstić information content (AvgIpc) is 3.05. The van der Waals surface area contributed by atoms with Gasteiger partial charge >= 0.3 is 0 Å². The molecule has 1 unspecified atom stereocenters. The second kappa shape index (κ2) is 5.36. The van der Waals surface area contributed by atoms with Gasteiger partial charge in [-0.25, -0.2) is 9.67 Å². The van der Waals surface area contributed by atoms with Crippen molar-refractivity contribution in [1.29, 1.82) is 0 Å². The van der Waals surface area contributed by atoms with E-state index in [9.17, 15) is 0 Å². The van der Waals surface area contributed by atoms with E-state index in [1.165, 1.54) is 18.4 Å². The third kappa shape index (κ3) is 2.75. The number of likely N-dealkylation sites (tertiary alicyclic amines) is 1. The Hall–Kier alpha value is -1.69. The topological polar surface area (TPSA) is 51.8 Å². The highest BCUT2D eigenvalue weighted by Gasteiger charge is 2.26. The Balaban J connectivity index is 1.67. The van der Waals surface area contributed by atoms with Crippen LogP contribution in [0.3, 0.4) is 0 Å². The van der Waals surface area contributed by atoms with Gasteiger partial charge in [0, 0.05) is 31.4 Å². The number of nitrogens with zero attached hydrogens (tertiary/aromatic N) is 6. The van der Waals surface area contributed by atoms with Crippen LogP contribution >= 0.6 is 0 Å². The SMILES string of the molecule is Cc1nc(C)n(CC2CCCN2Cc2cnn(C)c2)n1. The molecule has 0 radical (unpaired) electrons. The van der Waals surface area contributed by atoms with Gasteiger partial charge in [-0.15, -0.1) is 0 Å². The van der Waals surface area contributed by atoms with Gasteiger partial charge in [0.05, 0.1) is 12.7 Å². The first-order valence-corrected chi connectivity index (χ1v) is 7.21. The number of rotatable bonds is 4. The number of aryl methyl sites for hydroxylation is 3. The van der Waals surface area contributed by atoms with E-state index < -0.39 is 0 Å². The van der Waals surface area contributed by atoms with Crippen LogP contribution in [-0.4, -0.2) is 42.0 Å². The lowest BCUT2D eigenvalue weighted by Gasteiger charge is -2.24. The van der Waals surface area contributed by atoms with Gasteiger partial charge in [0.1, 0.15) is 11.6 Å². The Labute approximate surface area is 119 Å². The van der Waals surface area contributed by atoms with Gasteiger partial charge in [-0.2, -0.15) is 10.2 Å². The number of aromatic nitrogens is 5. The molecule has 0 saturated carbocycles. The molecule has 1 aliphatic heterocycles. The Morgan fingerprint density at radius 1 is 1.35 bits per heavy atom. The zero-order valence-electron chi connectivity index (χ0n) is 12.5. The Kier molecular flexibility index (Phi) is 3.56. The molecule has 1 aliphatic rings. The van der Waals surface area contributed by atoms with Crippen molar-refractivity contribution in [2.24, 2.45) is 7.05 Å². The zero-order valence-corrected chi connectivity index (χ0v) is 12.5. The highest BCUT2D eigenvalue weighted by molar-refractivity contribution is 5.04. The fourth-order valence-electron chi connectivity index (χ4n) is 3.03. The molecule has 0 amide bonds. The maximum atomic E-state index is 4.48. The Morgan fingerprint density at radius 2 is 2.20 bits per heavy atom. The van der Waals surface area contributed by atoms with Gasteiger partial charge in [-0.1, -0.05) is 0 Å². The predicted octanol–water partition coefficient (Wildman–Crippen LogP) is 1.29. The zero-order chi connectivity index (χ0) is 14.1. The molecule has 2 aromatic rings. The molecule has 1 atom stereocenters. The Morgan fingerprint density at radius 3 is 2.85 bits per heavy atom. The van der Waals surface area contributed by atoms with Crippen LogP contribution in [0, 0.1) is 13.8 Å². The molecule has 1 fully saturated rings. The molecule has 0 bridgehead atoms. The van der Waals surface area contributed by atoms with Crippen molar-refractivity contribution in [3.8, 4) is 0 Å². The molecule has 0 aliphatic carbocycles. The van der Waals surface area contributed by atoms with Gasteiger partial charge in [-0.05, 0) is 33.2 Å². The van der Waals surface area contributed by atoms with Gasteiger partial charge in [0.25, 0.3) is 0 Å². The van der Waals surface area contributed by atoms with E-state index in [-0.39, 0.29) is 0 Å². The van der Waals surface area contributed by atoms with Crippen molar-refractivity contribution in [2.45, 2.75) is 45.8 Å². The second-order valence-corrected chi connectivity index (χ2v) is 5.68. The van der Waals surface area contributed by atoms with E-state index in [4.69, 9.17) is 0 Å². The van der Waals surface area contributed by atoms with E-state index in [1.54, 1.807) is 0 Å².